The fourth-order valence-electron chi connectivity index (χ4n) is 10.6. The van der Waals surface area contributed by atoms with Crippen molar-refractivity contribution < 1.29 is 89.4 Å². The molecule has 12 N–H and O–H groups in total. The van der Waals surface area contributed by atoms with E-state index in [1.165, 1.54) is 109 Å². The summed E-state index contributed by atoms with van der Waals surface area (Å²) in [7, 11) is 0. The van der Waals surface area contributed by atoms with E-state index in [0.29, 0.717) is 12.8 Å². The van der Waals surface area contributed by atoms with Crippen molar-refractivity contribution in [2.45, 2.75) is 317 Å². The molecule has 80 heavy (non-hydrogen) atoms. The maximum atomic E-state index is 13.3. The van der Waals surface area contributed by atoms with Crippen LogP contribution in [0.15, 0.2) is 36.5 Å². The van der Waals surface area contributed by atoms with E-state index < -0.39 is 124 Å². The van der Waals surface area contributed by atoms with Crippen molar-refractivity contribution in [1.29, 1.82) is 0 Å². The smallest absolute Gasteiger partial charge is 0.220 e. The number of unbranched alkanes of at least 4 members (excludes halogenated alkanes) is 24. The van der Waals surface area contributed by atoms with Crippen molar-refractivity contribution in [2.24, 2.45) is 0 Å². The zero-order valence-corrected chi connectivity index (χ0v) is 48.8. The van der Waals surface area contributed by atoms with Crippen LogP contribution in [0.25, 0.3) is 0 Å². The molecule has 0 spiro atoms. The largest absolute Gasteiger partial charge is 0.394 e. The number of allylic oxidation sites excluding steroid dienone is 6. The van der Waals surface area contributed by atoms with Gasteiger partial charge in [0.25, 0.3) is 0 Å². The molecule has 1 amide bonds. The van der Waals surface area contributed by atoms with Crippen LogP contribution in [-0.4, -0.2) is 193 Å². The maximum Gasteiger partial charge on any atom is 0.220 e. The lowest BCUT2D eigenvalue weighted by atomic mass is 9.96. The SMILES string of the molecule is CCCCCCC/C=C\C/C=C\C/C=C\CCCCCCCCCCCCCCCCC(=O)NC(COC1OC(CO)C(OC2OC(CO)C(OC3OC(CO)C(O)C(O)C3O)C(O)C2O)C(O)C1O)C(O)CCCCCCCC. The third-order valence-corrected chi connectivity index (χ3v) is 15.7. The Kier molecular flexibility index (Phi) is 40.2. The van der Waals surface area contributed by atoms with Crippen LogP contribution in [-0.2, 0) is 33.2 Å². The van der Waals surface area contributed by atoms with Gasteiger partial charge in [-0.2, -0.15) is 0 Å². The Bertz CT molecular complexity index is 1600. The van der Waals surface area contributed by atoms with Gasteiger partial charge in [0.1, 0.15) is 73.2 Å². The summed E-state index contributed by atoms with van der Waals surface area (Å²) in [5, 5.41) is 120. The highest BCUT2D eigenvalue weighted by Crippen LogP contribution is 2.33. The number of ether oxygens (including phenoxy) is 6. The molecule has 3 aliphatic heterocycles. The number of carbonyl (C=O) groups excluding carboxylic acids is 1. The minimum absolute atomic E-state index is 0.250. The van der Waals surface area contributed by atoms with Gasteiger partial charge >= 0.3 is 0 Å². The van der Waals surface area contributed by atoms with Gasteiger partial charge in [0.15, 0.2) is 18.9 Å². The first kappa shape index (κ1) is 72.3. The lowest BCUT2D eigenvalue weighted by Crippen LogP contribution is -2.66. The number of aliphatic hydroxyl groups excluding tert-OH is 11. The molecule has 0 aromatic carbocycles. The fraction of sp³-hybridized carbons (Fsp3) is 0.885. The maximum absolute atomic E-state index is 13.3. The minimum atomic E-state index is -1.97. The average molecular weight is 1150 g/mol. The number of amides is 1. The number of aliphatic hydroxyl groups is 11. The highest BCUT2D eigenvalue weighted by Gasteiger charge is 2.53. The third kappa shape index (κ3) is 27.8. The monoisotopic (exact) mass is 1150 g/mol. The van der Waals surface area contributed by atoms with Crippen molar-refractivity contribution in [2.75, 3.05) is 26.4 Å². The molecule has 3 aliphatic rings. The molecule has 0 aromatic heterocycles. The van der Waals surface area contributed by atoms with Crippen molar-refractivity contribution in [3.63, 3.8) is 0 Å². The lowest BCUT2D eigenvalue weighted by molar-refractivity contribution is -0.379. The Balaban J connectivity index is 1.34. The van der Waals surface area contributed by atoms with E-state index in [1.807, 2.05) is 0 Å². The molecule has 19 nitrogen and oxygen atoms in total. The molecule has 0 aliphatic carbocycles. The molecule has 0 aromatic rings. The zero-order chi connectivity index (χ0) is 58.3. The van der Waals surface area contributed by atoms with Gasteiger partial charge in [-0.05, 0) is 51.4 Å². The number of nitrogens with one attached hydrogen (secondary N) is 1. The molecule has 3 fully saturated rings. The van der Waals surface area contributed by atoms with Crippen LogP contribution in [0.3, 0.4) is 0 Å². The number of carbonyl (C=O) groups is 1. The zero-order valence-electron chi connectivity index (χ0n) is 48.8. The van der Waals surface area contributed by atoms with Crippen LogP contribution in [0, 0.1) is 0 Å². The van der Waals surface area contributed by atoms with Gasteiger partial charge in [-0.25, -0.2) is 0 Å². The van der Waals surface area contributed by atoms with Crippen LogP contribution in [0.2, 0.25) is 0 Å². The van der Waals surface area contributed by atoms with Crippen LogP contribution in [0.4, 0.5) is 0 Å². The molecule has 17 unspecified atom stereocenters. The fourth-order valence-corrected chi connectivity index (χ4v) is 10.6. The molecule has 468 valence electrons. The van der Waals surface area contributed by atoms with Gasteiger partial charge in [0.2, 0.25) is 5.91 Å². The van der Waals surface area contributed by atoms with Gasteiger partial charge in [0, 0.05) is 6.42 Å². The first-order valence-corrected chi connectivity index (χ1v) is 31.2. The van der Waals surface area contributed by atoms with Gasteiger partial charge in [-0.1, -0.05) is 192 Å². The van der Waals surface area contributed by atoms with E-state index in [1.54, 1.807) is 0 Å². The molecular weight excluding hydrogens is 1030 g/mol. The summed E-state index contributed by atoms with van der Waals surface area (Å²) in [6.07, 6.45) is 21.6. The van der Waals surface area contributed by atoms with Gasteiger partial charge < -0.3 is 89.9 Å². The van der Waals surface area contributed by atoms with E-state index in [0.717, 1.165) is 70.6 Å². The van der Waals surface area contributed by atoms with Crippen molar-refractivity contribution >= 4 is 5.91 Å². The van der Waals surface area contributed by atoms with Crippen molar-refractivity contribution in [3.05, 3.63) is 36.5 Å². The molecule has 3 heterocycles. The average Bonchev–Trinajstić information content (AvgIpc) is 3.45. The second-order valence-electron chi connectivity index (χ2n) is 22.5. The molecular formula is C61H111NO18. The topological polar surface area (TPSA) is 307 Å². The summed E-state index contributed by atoms with van der Waals surface area (Å²) in [5.74, 6) is -0.250. The van der Waals surface area contributed by atoms with Crippen molar-refractivity contribution in [1.82, 2.24) is 5.32 Å². The Morgan fingerprint density at radius 2 is 0.825 bits per heavy atom. The third-order valence-electron chi connectivity index (χ3n) is 15.7. The van der Waals surface area contributed by atoms with Crippen LogP contribution >= 0.6 is 0 Å². The summed E-state index contributed by atoms with van der Waals surface area (Å²) in [5.41, 5.74) is 0. The second kappa shape index (κ2) is 44.5. The van der Waals surface area contributed by atoms with E-state index in [-0.39, 0.29) is 18.9 Å². The summed E-state index contributed by atoms with van der Waals surface area (Å²) >= 11 is 0. The quantitative estimate of drug-likeness (QED) is 0.0242. The second-order valence-corrected chi connectivity index (χ2v) is 22.5. The first-order valence-electron chi connectivity index (χ1n) is 31.2. The lowest BCUT2D eigenvalue weighted by Gasteiger charge is -2.48. The normalized spacial score (nSPS) is 30.2. The number of hydrogen-bond acceptors (Lipinski definition) is 18. The minimum Gasteiger partial charge on any atom is -0.394 e. The van der Waals surface area contributed by atoms with E-state index in [4.69, 9.17) is 28.4 Å². The highest BCUT2D eigenvalue weighted by atomic mass is 16.8. The first-order chi connectivity index (χ1) is 38.8. The summed E-state index contributed by atoms with van der Waals surface area (Å²) < 4.78 is 34.2. The van der Waals surface area contributed by atoms with E-state index in [2.05, 4.69) is 55.6 Å². The molecule has 3 rings (SSSR count). The number of hydrogen-bond donors (Lipinski definition) is 12. The predicted molar refractivity (Wildman–Crippen MR) is 305 cm³/mol. The van der Waals surface area contributed by atoms with E-state index in [9.17, 15) is 61.0 Å². The summed E-state index contributed by atoms with van der Waals surface area (Å²) in [6.45, 7) is 1.69. The van der Waals surface area contributed by atoms with Crippen molar-refractivity contribution in [3.8, 4) is 0 Å². The van der Waals surface area contributed by atoms with E-state index >= 15 is 0 Å². The Morgan fingerprint density at radius 3 is 1.29 bits per heavy atom. The summed E-state index contributed by atoms with van der Waals surface area (Å²) in [6, 6.07) is -0.883. The Labute approximate surface area is 479 Å². The summed E-state index contributed by atoms with van der Waals surface area (Å²) in [4.78, 5) is 13.3. The number of rotatable bonds is 46. The standard InChI is InChI=1S/C61H111NO18/c1-3-5-7-9-11-12-13-14-15-16-17-18-19-20-21-22-23-24-25-26-27-28-29-30-31-32-33-35-37-39-49(67)62-44(45(66)38-36-34-10-8-6-4-2)43-75-59-55(73)52(70)57(47(41-64)77-59)80-61-56(74)53(71)58(48(42-65)78-61)79-60-54(72)51(69)50(68)46(40-63)76-60/h13-14,16-17,19-20,44-48,50-61,63-66,68-74H,3-12,15,18,21-43H2,1-2H3,(H,62,67)/b14-13-,17-16-,20-19-. The molecule has 0 radical (unpaired) electrons. The van der Waals surface area contributed by atoms with Crippen LogP contribution < -0.4 is 5.32 Å². The predicted octanol–water partition coefficient (Wildman–Crippen LogP) is 6.10. The Hall–Kier alpha value is -1.99. The van der Waals surface area contributed by atoms with Gasteiger partial charge in [0.05, 0.1) is 38.6 Å². The highest BCUT2D eigenvalue weighted by molar-refractivity contribution is 5.76. The van der Waals surface area contributed by atoms with Gasteiger partial charge in [-0.3, -0.25) is 4.79 Å². The molecule has 0 saturated carbocycles. The van der Waals surface area contributed by atoms with Crippen LogP contribution in [0.1, 0.15) is 213 Å². The molecule has 17 atom stereocenters. The molecule has 19 heteroatoms. The molecule has 0 bridgehead atoms. The molecule has 3 saturated heterocycles. The van der Waals surface area contributed by atoms with Crippen LogP contribution in [0.5, 0.6) is 0 Å². The van der Waals surface area contributed by atoms with Gasteiger partial charge in [-0.15, -0.1) is 0 Å². The Morgan fingerprint density at radius 1 is 0.450 bits per heavy atom.